The molecule has 0 atom stereocenters. The molecule has 1 radical (unpaired) electrons. The minimum Gasteiger partial charge on any atom is -0.319 e. The topological polar surface area (TPSA) is 17.1 Å². The van der Waals surface area contributed by atoms with Crippen molar-refractivity contribution < 1.29 is 19.5 Å². The Labute approximate surface area is 220 Å². The molecule has 0 amide bonds. The van der Waals surface area contributed by atoms with Gasteiger partial charge in [-0.05, 0) is 89.3 Å². The molecule has 0 saturated carbocycles. The van der Waals surface area contributed by atoms with Crippen LogP contribution in [0.3, 0.4) is 0 Å². The zero-order chi connectivity index (χ0) is 22.8. The van der Waals surface area contributed by atoms with Crippen molar-refractivity contribution >= 4 is 43.1 Å². The maximum atomic E-state index is 12.7. The molecule has 0 fully saturated rings. The van der Waals surface area contributed by atoms with Gasteiger partial charge in [0, 0.05) is 19.5 Å². The summed E-state index contributed by atoms with van der Waals surface area (Å²) in [6.45, 7) is 0. The summed E-state index contributed by atoms with van der Waals surface area (Å²) < 4.78 is 0. The van der Waals surface area contributed by atoms with Crippen LogP contribution in [0.5, 0.6) is 0 Å². The Bertz CT molecular complexity index is 2110. The summed E-state index contributed by atoms with van der Waals surface area (Å²) in [5.74, 6) is 0. The van der Waals surface area contributed by atoms with Gasteiger partial charge in [-0.1, -0.05) is 78.4 Å². The number of benzene rings is 7. The molecule has 2 aliphatic carbocycles. The van der Waals surface area contributed by atoms with Crippen molar-refractivity contribution in [3.63, 3.8) is 0 Å². The molecular weight excluding hydrogens is 527 g/mol. The molecule has 0 spiro atoms. The second-order valence-corrected chi connectivity index (χ2v) is 10.2. The van der Waals surface area contributed by atoms with E-state index in [0.717, 1.165) is 17.5 Å². The minimum absolute atomic E-state index is 0. The molecule has 0 N–H and O–H groups in total. The summed E-state index contributed by atoms with van der Waals surface area (Å²) >= 11 is 0. The Balaban J connectivity index is 0.00000205. The maximum Gasteiger partial charge on any atom is 0.0757 e. The second-order valence-electron chi connectivity index (χ2n) is 10.2. The zero-order valence-corrected chi connectivity index (χ0v) is 21.0. The van der Waals surface area contributed by atoms with Crippen LogP contribution in [0.2, 0.25) is 0 Å². The standard InChI is InChI=1S/C34H19O.Rh/c35-30-7-3-6-22-24-13-15-28-25-10-8-19-16-18-4-1-2-5-21(18)23-12-14-27(33(25)31(19)23)26-11-9-20(17-29(22)30)32(24)34(26)28;/h1-15H,16-17H2;/q-1;. The number of hydrogen-bond donors (Lipinski definition) is 0. The summed E-state index contributed by atoms with van der Waals surface area (Å²) in [5, 5.41) is 10.8. The quantitative estimate of drug-likeness (QED) is 0.0817. The predicted octanol–water partition coefficient (Wildman–Crippen LogP) is 7.96. The Kier molecular flexibility index (Phi) is 3.94. The Morgan fingerprint density at radius 3 is 1.78 bits per heavy atom. The van der Waals surface area contributed by atoms with Crippen LogP contribution < -0.4 is 5.43 Å². The SMILES string of the molecule is O=c1[cH-]ccc2c1Cc1ccc3c4ccc5c6c(ccc(c7ccc-2c1c37)c64)Cc1ccccc1-5.[Rh]. The predicted molar refractivity (Wildman–Crippen MR) is 146 cm³/mol. The fourth-order valence-electron chi connectivity index (χ4n) is 7.11. The van der Waals surface area contributed by atoms with E-state index in [4.69, 9.17) is 0 Å². The number of hydrogen-bond acceptors (Lipinski definition) is 1. The van der Waals surface area contributed by atoms with Crippen molar-refractivity contribution in [2.45, 2.75) is 12.8 Å². The van der Waals surface area contributed by atoms with Gasteiger partial charge in [0.05, 0.1) is 5.43 Å². The summed E-state index contributed by atoms with van der Waals surface area (Å²) in [6, 6.07) is 33.0. The molecule has 7 aromatic carbocycles. The van der Waals surface area contributed by atoms with E-state index < -0.39 is 0 Å². The van der Waals surface area contributed by atoms with Gasteiger partial charge in [0.2, 0.25) is 0 Å². The second kappa shape index (κ2) is 6.93. The maximum absolute atomic E-state index is 12.7. The van der Waals surface area contributed by atoms with Gasteiger partial charge in [-0.15, -0.1) is 11.6 Å². The van der Waals surface area contributed by atoms with Crippen LogP contribution in [0, 0.1) is 0 Å². The normalized spacial score (nSPS) is 13.2. The molecule has 0 heterocycles. The van der Waals surface area contributed by atoms with Crippen LogP contribution in [-0.4, -0.2) is 0 Å². The summed E-state index contributed by atoms with van der Waals surface area (Å²) in [5.41, 5.74) is 10.2. The van der Waals surface area contributed by atoms with Gasteiger partial charge in [-0.3, -0.25) is 0 Å². The van der Waals surface area contributed by atoms with E-state index in [9.17, 15) is 4.79 Å². The van der Waals surface area contributed by atoms with Gasteiger partial charge in [0.1, 0.15) is 0 Å². The average molecular weight is 546 g/mol. The van der Waals surface area contributed by atoms with E-state index in [1.807, 2.05) is 6.07 Å². The van der Waals surface area contributed by atoms with Gasteiger partial charge in [0.25, 0.3) is 0 Å². The number of fused-ring (bicyclic) bond motifs is 6. The van der Waals surface area contributed by atoms with Crippen molar-refractivity contribution in [2.75, 3.05) is 0 Å². The molecule has 171 valence electrons. The zero-order valence-electron chi connectivity index (χ0n) is 19.3. The van der Waals surface area contributed by atoms with Gasteiger partial charge in [-0.2, -0.15) is 12.1 Å². The first-order valence-electron chi connectivity index (χ1n) is 12.3. The smallest absolute Gasteiger partial charge is 0.0757 e. The molecule has 2 aliphatic rings. The molecule has 1 nitrogen and oxygen atoms in total. The molecule has 0 saturated heterocycles. The third-order valence-electron chi connectivity index (χ3n) is 8.55. The van der Waals surface area contributed by atoms with Crippen LogP contribution in [0.15, 0.2) is 95.8 Å². The van der Waals surface area contributed by atoms with E-state index in [0.29, 0.717) is 6.42 Å². The minimum atomic E-state index is 0. The molecule has 0 bridgehead atoms. The Morgan fingerprint density at radius 1 is 0.500 bits per heavy atom. The van der Waals surface area contributed by atoms with E-state index in [1.165, 1.54) is 76.5 Å². The van der Waals surface area contributed by atoms with Crippen molar-refractivity contribution in [1.82, 2.24) is 0 Å². The number of rotatable bonds is 0. The molecule has 0 unspecified atom stereocenters. The first-order chi connectivity index (χ1) is 17.3. The van der Waals surface area contributed by atoms with E-state index in [2.05, 4.69) is 78.9 Å². The van der Waals surface area contributed by atoms with Crippen molar-refractivity contribution in [2.24, 2.45) is 0 Å². The van der Waals surface area contributed by atoms with Crippen LogP contribution >= 0.6 is 0 Å². The molecule has 2 heteroatoms. The molecule has 0 aliphatic heterocycles. The van der Waals surface area contributed by atoms with Crippen molar-refractivity contribution in [3.05, 3.63) is 123 Å². The summed E-state index contributed by atoms with van der Waals surface area (Å²) in [6.07, 6.45) is 1.69. The fraction of sp³-hybridized carbons (Fsp3) is 0.0588. The first-order valence-corrected chi connectivity index (χ1v) is 12.3. The van der Waals surface area contributed by atoms with Crippen LogP contribution in [0.25, 0.3) is 65.3 Å². The molecule has 36 heavy (non-hydrogen) atoms. The Morgan fingerprint density at radius 2 is 1.08 bits per heavy atom. The monoisotopic (exact) mass is 546 g/mol. The van der Waals surface area contributed by atoms with Gasteiger partial charge < -0.3 is 4.79 Å². The van der Waals surface area contributed by atoms with Gasteiger partial charge in [0.15, 0.2) is 0 Å². The van der Waals surface area contributed by atoms with Crippen molar-refractivity contribution in [3.8, 4) is 22.3 Å². The first kappa shape index (κ1) is 20.5. The summed E-state index contributed by atoms with van der Waals surface area (Å²) in [4.78, 5) is 12.7. The third kappa shape index (κ3) is 2.34. The van der Waals surface area contributed by atoms with E-state index in [1.54, 1.807) is 6.07 Å². The molecular formula is C34H19ORh-. The van der Waals surface area contributed by atoms with E-state index >= 15 is 0 Å². The van der Waals surface area contributed by atoms with Crippen LogP contribution in [0.4, 0.5) is 0 Å². The average Bonchev–Trinajstić information content (AvgIpc) is 2.90. The van der Waals surface area contributed by atoms with Gasteiger partial charge in [-0.25, -0.2) is 0 Å². The fourth-order valence-corrected chi connectivity index (χ4v) is 7.11. The van der Waals surface area contributed by atoms with Crippen molar-refractivity contribution in [1.29, 1.82) is 0 Å². The van der Waals surface area contributed by atoms with Crippen LogP contribution in [0.1, 0.15) is 22.3 Å². The molecule has 0 aromatic heterocycles. The Hall–Kier alpha value is -3.74. The third-order valence-corrected chi connectivity index (χ3v) is 8.55. The summed E-state index contributed by atoms with van der Waals surface area (Å²) in [7, 11) is 0. The van der Waals surface area contributed by atoms with Gasteiger partial charge >= 0.3 is 0 Å². The largest absolute Gasteiger partial charge is 0.319 e. The van der Waals surface area contributed by atoms with E-state index in [-0.39, 0.29) is 24.9 Å². The molecule has 9 rings (SSSR count). The molecule has 7 aromatic rings. The van der Waals surface area contributed by atoms with Crippen LogP contribution in [-0.2, 0) is 32.3 Å².